The second kappa shape index (κ2) is 5.90. The minimum Gasteiger partial charge on any atom is -0.347 e. The standard InChI is InChI=1S/C17H23N3O/c1-12(2)11-20-8-6-13-9-15(3-4-16(13)20)19-17(21)14-5-7-18-10-14/h3-4,6,8-9,12,14,18H,5,7,10-11H2,1-2H3,(H,19,21). The van der Waals surface area contributed by atoms with Crippen LogP contribution in [0, 0.1) is 11.8 Å². The summed E-state index contributed by atoms with van der Waals surface area (Å²) in [6, 6.07) is 8.27. The molecule has 2 aromatic rings. The van der Waals surface area contributed by atoms with E-state index in [1.54, 1.807) is 0 Å². The predicted molar refractivity (Wildman–Crippen MR) is 86.4 cm³/mol. The second-order valence-corrected chi connectivity index (χ2v) is 6.31. The number of anilines is 1. The van der Waals surface area contributed by atoms with Gasteiger partial charge in [0.15, 0.2) is 0 Å². The number of fused-ring (bicyclic) bond motifs is 1. The third-order valence-electron chi connectivity index (χ3n) is 4.03. The Morgan fingerprint density at radius 2 is 2.29 bits per heavy atom. The Bertz CT molecular complexity index is 639. The highest BCUT2D eigenvalue weighted by Gasteiger charge is 2.22. The highest BCUT2D eigenvalue weighted by molar-refractivity contribution is 5.95. The lowest BCUT2D eigenvalue weighted by molar-refractivity contribution is -0.119. The Morgan fingerprint density at radius 3 is 3.00 bits per heavy atom. The number of carbonyl (C=O) groups excluding carboxylic acids is 1. The average molecular weight is 285 g/mol. The Hall–Kier alpha value is -1.81. The minimum atomic E-state index is 0.103. The Morgan fingerprint density at radius 1 is 1.43 bits per heavy atom. The molecule has 2 N–H and O–H groups in total. The van der Waals surface area contributed by atoms with Gasteiger partial charge in [-0.25, -0.2) is 0 Å². The second-order valence-electron chi connectivity index (χ2n) is 6.31. The van der Waals surface area contributed by atoms with Gasteiger partial charge in [0.2, 0.25) is 5.91 Å². The Kier molecular flexibility index (Phi) is 3.97. The number of aromatic nitrogens is 1. The third kappa shape index (κ3) is 3.10. The molecule has 0 saturated carbocycles. The summed E-state index contributed by atoms with van der Waals surface area (Å²) in [5.41, 5.74) is 2.12. The number of rotatable bonds is 4. The number of amides is 1. The van der Waals surface area contributed by atoms with Crippen molar-refractivity contribution in [2.45, 2.75) is 26.8 Å². The molecule has 1 saturated heterocycles. The maximum Gasteiger partial charge on any atom is 0.228 e. The van der Waals surface area contributed by atoms with E-state index in [2.05, 4.69) is 53.4 Å². The molecule has 0 spiro atoms. The van der Waals surface area contributed by atoms with Crippen LogP contribution in [0.25, 0.3) is 10.9 Å². The topological polar surface area (TPSA) is 46.1 Å². The van der Waals surface area contributed by atoms with E-state index >= 15 is 0 Å². The molecule has 0 radical (unpaired) electrons. The van der Waals surface area contributed by atoms with E-state index in [9.17, 15) is 4.79 Å². The lowest BCUT2D eigenvalue weighted by atomic mass is 10.1. The summed E-state index contributed by atoms with van der Waals surface area (Å²) in [5.74, 6) is 0.849. The third-order valence-corrected chi connectivity index (χ3v) is 4.03. The molecule has 1 aromatic carbocycles. The molecule has 1 amide bonds. The molecule has 1 aliphatic rings. The SMILES string of the molecule is CC(C)Cn1ccc2cc(NC(=O)C3CCNC3)ccc21. The fourth-order valence-electron chi connectivity index (χ4n) is 2.95. The van der Waals surface area contributed by atoms with Gasteiger partial charge in [0.25, 0.3) is 0 Å². The van der Waals surface area contributed by atoms with E-state index in [0.717, 1.165) is 31.7 Å². The van der Waals surface area contributed by atoms with Gasteiger partial charge >= 0.3 is 0 Å². The first-order valence-electron chi connectivity index (χ1n) is 7.74. The summed E-state index contributed by atoms with van der Waals surface area (Å²) in [6.45, 7) is 7.18. The molecule has 21 heavy (non-hydrogen) atoms. The van der Waals surface area contributed by atoms with Gasteiger partial charge in [0, 0.05) is 35.9 Å². The fourth-order valence-corrected chi connectivity index (χ4v) is 2.95. The van der Waals surface area contributed by atoms with Gasteiger partial charge in [0.1, 0.15) is 0 Å². The molecule has 1 unspecified atom stereocenters. The van der Waals surface area contributed by atoms with E-state index < -0.39 is 0 Å². The number of hydrogen-bond donors (Lipinski definition) is 2. The van der Waals surface area contributed by atoms with Crippen LogP contribution in [-0.4, -0.2) is 23.6 Å². The molecule has 1 atom stereocenters. The number of benzene rings is 1. The number of carbonyl (C=O) groups is 1. The largest absolute Gasteiger partial charge is 0.347 e. The van der Waals surface area contributed by atoms with Crippen LogP contribution in [0.1, 0.15) is 20.3 Å². The van der Waals surface area contributed by atoms with Crippen molar-refractivity contribution in [3.8, 4) is 0 Å². The van der Waals surface area contributed by atoms with E-state index in [0.29, 0.717) is 5.92 Å². The van der Waals surface area contributed by atoms with Crippen LogP contribution in [0.15, 0.2) is 30.5 Å². The molecular formula is C17H23N3O. The van der Waals surface area contributed by atoms with E-state index in [1.165, 1.54) is 10.9 Å². The maximum atomic E-state index is 12.1. The molecular weight excluding hydrogens is 262 g/mol. The predicted octanol–water partition coefficient (Wildman–Crippen LogP) is 2.85. The maximum absolute atomic E-state index is 12.1. The molecule has 3 rings (SSSR count). The quantitative estimate of drug-likeness (QED) is 0.907. The molecule has 0 aliphatic carbocycles. The molecule has 1 aliphatic heterocycles. The Labute approximate surface area is 125 Å². The van der Waals surface area contributed by atoms with Crippen LogP contribution in [0.4, 0.5) is 5.69 Å². The number of nitrogens with one attached hydrogen (secondary N) is 2. The van der Waals surface area contributed by atoms with Crippen molar-refractivity contribution < 1.29 is 4.79 Å². The van der Waals surface area contributed by atoms with Crippen molar-refractivity contribution >= 4 is 22.5 Å². The molecule has 4 heteroatoms. The lowest BCUT2D eigenvalue weighted by Crippen LogP contribution is -2.24. The normalized spacial score (nSPS) is 18.5. The monoisotopic (exact) mass is 285 g/mol. The number of hydrogen-bond acceptors (Lipinski definition) is 2. The molecule has 1 aromatic heterocycles. The summed E-state index contributed by atoms with van der Waals surface area (Å²) < 4.78 is 2.27. The fraction of sp³-hybridized carbons (Fsp3) is 0.471. The van der Waals surface area contributed by atoms with Crippen LogP contribution in [0.2, 0.25) is 0 Å². The van der Waals surface area contributed by atoms with Crippen LogP contribution >= 0.6 is 0 Å². The van der Waals surface area contributed by atoms with Crippen molar-refractivity contribution in [1.29, 1.82) is 0 Å². The lowest BCUT2D eigenvalue weighted by Gasteiger charge is -2.11. The Balaban J connectivity index is 1.76. The zero-order valence-electron chi connectivity index (χ0n) is 12.7. The molecule has 4 nitrogen and oxygen atoms in total. The summed E-state index contributed by atoms with van der Waals surface area (Å²) in [4.78, 5) is 12.1. The molecule has 2 heterocycles. The van der Waals surface area contributed by atoms with E-state index in [4.69, 9.17) is 0 Å². The minimum absolute atomic E-state index is 0.103. The van der Waals surface area contributed by atoms with E-state index in [-0.39, 0.29) is 11.8 Å². The van der Waals surface area contributed by atoms with Crippen LogP contribution in [0.5, 0.6) is 0 Å². The smallest absolute Gasteiger partial charge is 0.228 e. The summed E-state index contributed by atoms with van der Waals surface area (Å²) in [7, 11) is 0. The van der Waals surface area contributed by atoms with Gasteiger partial charge in [-0.1, -0.05) is 13.8 Å². The number of nitrogens with zero attached hydrogens (tertiary/aromatic N) is 1. The zero-order chi connectivity index (χ0) is 14.8. The summed E-state index contributed by atoms with van der Waals surface area (Å²) in [5, 5.41) is 7.44. The molecule has 1 fully saturated rings. The average Bonchev–Trinajstić information content (AvgIpc) is 3.08. The van der Waals surface area contributed by atoms with Gasteiger partial charge in [-0.15, -0.1) is 0 Å². The summed E-state index contributed by atoms with van der Waals surface area (Å²) >= 11 is 0. The zero-order valence-corrected chi connectivity index (χ0v) is 12.7. The van der Waals surface area contributed by atoms with E-state index in [1.807, 2.05) is 6.07 Å². The van der Waals surface area contributed by atoms with Crippen molar-refractivity contribution in [2.75, 3.05) is 18.4 Å². The first-order chi connectivity index (χ1) is 10.1. The van der Waals surface area contributed by atoms with Gasteiger partial charge in [-0.2, -0.15) is 0 Å². The van der Waals surface area contributed by atoms with Crippen LogP contribution in [0.3, 0.4) is 0 Å². The van der Waals surface area contributed by atoms with Crippen molar-refractivity contribution in [2.24, 2.45) is 11.8 Å². The van der Waals surface area contributed by atoms with Crippen LogP contribution in [-0.2, 0) is 11.3 Å². The van der Waals surface area contributed by atoms with Crippen molar-refractivity contribution in [1.82, 2.24) is 9.88 Å². The van der Waals surface area contributed by atoms with Crippen LogP contribution < -0.4 is 10.6 Å². The van der Waals surface area contributed by atoms with Crippen molar-refractivity contribution in [3.63, 3.8) is 0 Å². The van der Waals surface area contributed by atoms with Gasteiger partial charge in [-0.3, -0.25) is 4.79 Å². The highest BCUT2D eigenvalue weighted by atomic mass is 16.1. The van der Waals surface area contributed by atoms with Gasteiger partial charge in [0.05, 0.1) is 5.92 Å². The molecule has 0 bridgehead atoms. The summed E-state index contributed by atoms with van der Waals surface area (Å²) in [6.07, 6.45) is 3.05. The highest BCUT2D eigenvalue weighted by Crippen LogP contribution is 2.22. The van der Waals surface area contributed by atoms with Crippen molar-refractivity contribution in [3.05, 3.63) is 30.5 Å². The van der Waals surface area contributed by atoms with Gasteiger partial charge in [-0.05, 0) is 43.1 Å². The molecule has 112 valence electrons. The first kappa shape index (κ1) is 14.1. The van der Waals surface area contributed by atoms with Gasteiger partial charge < -0.3 is 15.2 Å². The first-order valence-corrected chi connectivity index (χ1v) is 7.74.